The van der Waals surface area contributed by atoms with E-state index in [9.17, 15) is 14.7 Å². The summed E-state index contributed by atoms with van der Waals surface area (Å²) in [6.45, 7) is 3.85. The van der Waals surface area contributed by atoms with Gasteiger partial charge in [-0.25, -0.2) is 0 Å². The second kappa shape index (κ2) is 39.7. The van der Waals surface area contributed by atoms with Gasteiger partial charge in [-0.2, -0.15) is 0 Å². The third-order valence-electron chi connectivity index (χ3n) is 7.25. The molecular formula is C45H68O5. The zero-order valence-electron chi connectivity index (χ0n) is 31.3. The van der Waals surface area contributed by atoms with E-state index in [1.807, 2.05) is 12.2 Å². The molecule has 0 radical (unpaired) electrons. The molecule has 0 heterocycles. The summed E-state index contributed by atoms with van der Waals surface area (Å²) in [6.07, 6.45) is 58.4. The van der Waals surface area contributed by atoms with E-state index in [4.69, 9.17) is 9.47 Å². The van der Waals surface area contributed by atoms with Gasteiger partial charge < -0.3 is 14.6 Å². The van der Waals surface area contributed by atoms with Crippen LogP contribution in [0.3, 0.4) is 0 Å². The average molecular weight is 689 g/mol. The standard InChI is InChI=1S/C45H68O5/c1-3-5-7-9-11-13-15-17-19-21-22-24-26-28-30-32-34-36-38-40-45(48)50-43(41-46)42-49-44(47)39-37-35-33-31-29-27-25-23-20-18-16-14-12-10-8-6-4-2/h6,8,11-14,17-20,22,24-25,27-28,30-31,33-34,36,43,46H,3-5,7,9-10,15-16,21,23,26,29,32,35,37-42H2,1-2H3. The number of carbonyl (C=O) groups is 2. The van der Waals surface area contributed by atoms with Crippen LogP contribution in [0.1, 0.15) is 129 Å². The number of hydrogen-bond acceptors (Lipinski definition) is 5. The quantitative estimate of drug-likeness (QED) is 0.0433. The maximum absolute atomic E-state index is 12.1. The van der Waals surface area contributed by atoms with Crippen molar-refractivity contribution in [1.29, 1.82) is 0 Å². The van der Waals surface area contributed by atoms with Crippen molar-refractivity contribution in [2.24, 2.45) is 0 Å². The Morgan fingerprint density at radius 1 is 0.480 bits per heavy atom. The van der Waals surface area contributed by atoms with Gasteiger partial charge in [0.05, 0.1) is 6.61 Å². The Balaban J connectivity index is 3.85. The van der Waals surface area contributed by atoms with E-state index >= 15 is 0 Å². The highest BCUT2D eigenvalue weighted by molar-refractivity contribution is 5.70. The summed E-state index contributed by atoms with van der Waals surface area (Å²) in [7, 11) is 0. The van der Waals surface area contributed by atoms with E-state index in [0.717, 1.165) is 64.2 Å². The van der Waals surface area contributed by atoms with Crippen LogP contribution in [0.2, 0.25) is 0 Å². The highest BCUT2D eigenvalue weighted by Crippen LogP contribution is 2.05. The molecule has 0 saturated heterocycles. The van der Waals surface area contributed by atoms with Crippen LogP contribution < -0.4 is 0 Å². The zero-order chi connectivity index (χ0) is 36.4. The number of ether oxygens (including phenoxy) is 2. The molecule has 0 aromatic rings. The lowest BCUT2D eigenvalue weighted by Gasteiger charge is -2.15. The van der Waals surface area contributed by atoms with E-state index < -0.39 is 12.1 Å². The molecule has 0 rings (SSSR count). The molecule has 1 N–H and O–H groups in total. The minimum absolute atomic E-state index is 0.134. The molecular weight excluding hydrogens is 620 g/mol. The predicted molar refractivity (Wildman–Crippen MR) is 214 cm³/mol. The van der Waals surface area contributed by atoms with E-state index in [-0.39, 0.29) is 32.0 Å². The second-order valence-electron chi connectivity index (χ2n) is 11.9. The number of aliphatic hydroxyl groups is 1. The normalized spacial score (nSPS) is 13.6. The van der Waals surface area contributed by atoms with Gasteiger partial charge in [0.1, 0.15) is 6.61 Å². The van der Waals surface area contributed by atoms with Crippen molar-refractivity contribution in [3.05, 3.63) is 122 Å². The van der Waals surface area contributed by atoms with Gasteiger partial charge >= 0.3 is 11.9 Å². The average Bonchev–Trinajstić information content (AvgIpc) is 3.12. The van der Waals surface area contributed by atoms with Gasteiger partial charge in [-0.3, -0.25) is 9.59 Å². The first-order valence-corrected chi connectivity index (χ1v) is 19.1. The van der Waals surface area contributed by atoms with Crippen molar-refractivity contribution >= 4 is 11.9 Å². The van der Waals surface area contributed by atoms with Crippen LogP contribution in [-0.4, -0.2) is 36.4 Å². The smallest absolute Gasteiger partial charge is 0.306 e. The fourth-order valence-electron chi connectivity index (χ4n) is 4.39. The fourth-order valence-corrected chi connectivity index (χ4v) is 4.39. The van der Waals surface area contributed by atoms with Crippen molar-refractivity contribution in [3.8, 4) is 0 Å². The van der Waals surface area contributed by atoms with Gasteiger partial charge in [0.2, 0.25) is 0 Å². The number of rotatable bonds is 32. The number of hydrogen-bond donors (Lipinski definition) is 1. The highest BCUT2D eigenvalue weighted by atomic mass is 16.6. The molecule has 1 unspecified atom stereocenters. The first kappa shape index (κ1) is 46.3. The van der Waals surface area contributed by atoms with Crippen LogP contribution in [0.5, 0.6) is 0 Å². The van der Waals surface area contributed by atoms with Gasteiger partial charge in [-0.1, -0.05) is 148 Å². The van der Waals surface area contributed by atoms with Crippen LogP contribution in [0, 0.1) is 0 Å². The van der Waals surface area contributed by atoms with Crippen molar-refractivity contribution in [1.82, 2.24) is 0 Å². The van der Waals surface area contributed by atoms with Gasteiger partial charge in [-0.15, -0.1) is 0 Å². The Morgan fingerprint density at radius 2 is 0.880 bits per heavy atom. The molecule has 278 valence electrons. The Labute approximate surface area is 305 Å². The molecule has 0 fully saturated rings. The van der Waals surface area contributed by atoms with E-state index in [0.29, 0.717) is 12.8 Å². The van der Waals surface area contributed by atoms with Crippen LogP contribution in [-0.2, 0) is 19.1 Å². The van der Waals surface area contributed by atoms with Gasteiger partial charge in [-0.05, 0) is 89.9 Å². The number of esters is 2. The SMILES string of the molecule is CCC=CCC=CCC=CCC=CCC=CCCCC(=O)OCC(CO)OC(=O)CCC=CCC=CCC=CCC=CCC=CCCCCC. The number of unbranched alkanes of at least 4 members (excludes halogenated alkanes) is 4. The van der Waals surface area contributed by atoms with Crippen molar-refractivity contribution in [2.45, 2.75) is 136 Å². The van der Waals surface area contributed by atoms with Crippen LogP contribution in [0.4, 0.5) is 0 Å². The van der Waals surface area contributed by atoms with Gasteiger partial charge in [0, 0.05) is 12.8 Å². The van der Waals surface area contributed by atoms with Crippen molar-refractivity contribution < 1.29 is 24.2 Å². The van der Waals surface area contributed by atoms with Crippen molar-refractivity contribution in [3.63, 3.8) is 0 Å². The first-order chi connectivity index (χ1) is 24.6. The molecule has 0 aliphatic rings. The third-order valence-corrected chi connectivity index (χ3v) is 7.25. The van der Waals surface area contributed by atoms with Crippen LogP contribution in [0.15, 0.2) is 122 Å². The van der Waals surface area contributed by atoms with Crippen LogP contribution >= 0.6 is 0 Å². The summed E-state index contributed by atoms with van der Waals surface area (Å²) >= 11 is 0. The lowest BCUT2D eigenvalue weighted by Crippen LogP contribution is -2.28. The van der Waals surface area contributed by atoms with E-state index in [2.05, 4.69) is 123 Å². The fraction of sp³-hybridized carbons (Fsp3) is 0.511. The van der Waals surface area contributed by atoms with Gasteiger partial charge in [0.15, 0.2) is 6.10 Å². The molecule has 0 aliphatic heterocycles. The Morgan fingerprint density at radius 3 is 1.30 bits per heavy atom. The molecule has 5 nitrogen and oxygen atoms in total. The molecule has 0 aliphatic carbocycles. The topological polar surface area (TPSA) is 72.8 Å². The van der Waals surface area contributed by atoms with Gasteiger partial charge in [0.25, 0.3) is 0 Å². The molecule has 0 aromatic heterocycles. The maximum Gasteiger partial charge on any atom is 0.306 e. The molecule has 0 aromatic carbocycles. The van der Waals surface area contributed by atoms with E-state index in [1.54, 1.807) is 0 Å². The summed E-state index contributed by atoms with van der Waals surface area (Å²) in [6, 6.07) is 0. The second-order valence-corrected chi connectivity index (χ2v) is 11.9. The van der Waals surface area contributed by atoms with Crippen molar-refractivity contribution in [2.75, 3.05) is 13.2 Å². The zero-order valence-corrected chi connectivity index (χ0v) is 31.3. The lowest BCUT2D eigenvalue weighted by atomic mass is 10.2. The molecule has 0 amide bonds. The monoisotopic (exact) mass is 689 g/mol. The largest absolute Gasteiger partial charge is 0.462 e. The summed E-state index contributed by atoms with van der Waals surface area (Å²) < 4.78 is 10.5. The summed E-state index contributed by atoms with van der Waals surface area (Å²) in [5.41, 5.74) is 0. The molecule has 0 bridgehead atoms. The summed E-state index contributed by atoms with van der Waals surface area (Å²) in [4.78, 5) is 24.2. The third kappa shape index (κ3) is 37.1. The first-order valence-electron chi connectivity index (χ1n) is 19.1. The predicted octanol–water partition coefficient (Wildman–Crippen LogP) is 12.1. The minimum Gasteiger partial charge on any atom is -0.462 e. The number of carbonyl (C=O) groups excluding carboxylic acids is 2. The van der Waals surface area contributed by atoms with E-state index in [1.165, 1.54) is 25.7 Å². The molecule has 0 saturated carbocycles. The lowest BCUT2D eigenvalue weighted by molar-refractivity contribution is -0.161. The Hall–Kier alpha value is -3.70. The summed E-state index contributed by atoms with van der Waals surface area (Å²) in [5.74, 6) is -0.771. The molecule has 0 spiro atoms. The summed E-state index contributed by atoms with van der Waals surface area (Å²) in [5, 5.41) is 9.53. The number of allylic oxidation sites excluding steroid dienone is 20. The molecule has 50 heavy (non-hydrogen) atoms. The minimum atomic E-state index is -0.843. The molecule has 1 atom stereocenters. The Bertz CT molecular complexity index is 1100. The molecule has 5 heteroatoms. The maximum atomic E-state index is 12.1. The number of aliphatic hydroxyl groups excluding tert-OH is 1. The Kier molecular flexibility index (Phi) is 36.8. The highest BCUT2D eigenvalue weighted by Gasteiger charge is 2.15. The van der Waals surface area contributed by atoms with Crippen LogP contribution in [0.25, 0.3) is 0 Å².